The first-order chi connectivity index (χ1) is 32.0. The zero-order chi connectivity index (χ0) is 46.2. The van der Waals surface area contributed by atoms with Crippen LogP contribution in [0.5, 0.6) is 23.0 Å². The van der Waals surface area contributed by atoms with E-state index < -0.39 is 13.3 Å². The van der Waals surface area contributed by atoms with Crippen LogP contribution in [-0.2, 0) is 10.8 Å². The number of nitrogens with zero attached hydrogens (tertiary/aromatic N) is 3. The number of anilines is 9. The Morgan fingerprint density at radius 2 is 0.701 bits per heavy atom. The molecule has 0 spiro atoms. The third-order valence-corrected chi connectivity index (χ3v) is 25.1. The van der Waals surface area contributed by atoms with Gasteiger partial charge in [-0.3, -0.25) is 0 Å². The Morgan fingerprint density at radius 1 is 0.388 bits per heavy atom. The second kappa shape index (κ2) is 13.5. The predicted octanol–water partition coefficient (Wildman–Crippen LogP) is 14.8. The molecule has 0 bridgehead atoms. The van der Waals surface area contributed by atoms with E-state index in [0.717, 1.165) is 62.7 Å². The van der Waals surface area contributed by atoms with Gasteiger partial charge >= 0.3 is 400 Å². The fourth-order valence-electron chi connectivity index (χ4n) is 12.4. The van der Waals surface area contributed by atoms with Crippen molar-refractivity contribution in [3.05, 3.63) is 189 Å². The Balaban J connectivity index is 1.23. The summed E-state index contributed by atoms with van der Waals surface area (Å²) in [4.78, 5) is 7.61. The van der Waals surface area contributed by atoms with E-state index in [1.807, 2.05) is 0 Å². The zero-order valence-corrected chi connectivity index (χ0v) is 42.5. The third-order valence-electron chi connectivity index (χ3n) is 15.9. The second-order valence-corrected chi connectivity index (χ2v) is 29.1. The van der Waals surface area contributed by atoms with E-state index >= 15 is 0 Å². The van der Waals surface area contributed by atoms with Crippen molar-refractivity contribution in [2.75, 3.05) is 14.7 Å². The number of benzene rings is 8. The van der Waals surface area contributed by atoms with Crippen LogP contribution in [0.25, 0.3) is 0 Å². The molecule has 5 nitrogen and oxygen atoms in total. The molecule has 6 heteroatoms. The second-order valence-electron chi connectivity index (χ2n) is 21.3. The van der Waals surface area contributed by atoms with Gasteiger partial charge in [-0.1, -0.05) is 0 Å². The van der Waals surface area contributed by atoms with Crippen molar-refractivity contribution < 1.29 is 9.47 Å². The molecule has 330 valence electrons. The molecule has 0 amide bonds. The zero-order valence-electron chi connectivity index (χ0n) is 40.4. The molecule has 5 heterocycles. The maximum atomic E-state index is 7.66. The predicted molar refractivity (Wildman–Crippen MR) is 280 cm³/mol. The normalized spacial score (nSPS) is 16.0. The molecule has 0 aliphatic carbocycles. The van der Waals surface area contributed by atoms with E-state index in [2.05, 4.69) is 223 Å². The van der Waals surface area contributed by atoms with Crippen molar-refractivity contribution in [3.63, 3.8) is 0 Å². The maximum absolute atomic E-state index is 7.66. The van der Waals surface area contributed by atoms with Crippen molar-refractivity contribution in [2.45, 2.75) is 85.8 Å². The molecule has 8 aromatic carbocycles. The molecule has 13 rings (SSSR count). The van der Waals surface area contributed by atoms with Crippen molar-refractivity contribution in [1.29, 1.82) is 0 Å². The molecule has 5 aliphatic rings. The van der Waals surface area contributed by atoms with Gasteiger partial charge in [-0.25, -0.2) is 0 Å². The van der Waals surface area contributed by atoms with E-state index in [1.54, 1.807) is 0 Å². The summed E-state index contributed by atoms with van der Waals surface area (Å²) in [6.07, 6.45) is 0. The number of rotatable bonds is 6. The number of aryl methyl sites for hydroxylation is 6. The minimum absolute atomic E-state index is 0.348. The van der Waals surface area contributed by atoms with Gasteiger partial charge in [0.25, 0.3) is 0 Å². The molecule has 0 saturated heterocycles. The van der Waals surface area contributed by atoms with E-state index in [4.69, 9.17) is 9.47 Å². The molecule has 0 fully saturated rings. The van der Waals surface area contributed by atoms with Crippen LogP contribution in [0.15, 0.2) is 133 Å². The van der Waals surface area contributed by atoms with Gasteiger partial charge in [-0.2, -0.15) is 0 Å². The van der Waals surface area contributed by atoms with Crippen molar-refractivity contribution in [2.24, 2.45) is 0 Å². The average Bonchev–Trinajstić information content (AvgIpc) is 3.28. The van der Waals surface area contributed by atoms with Crippen molar-refractivity contribution >= 4 is 77.6 Å². The molecule has 0 radical (unpaired) electrons. The Labute approximate surface area is 397 Å². The van der Waals surface area contributed by atoms with Crippen LogP contribution in [0.1, 0.15) is 83.3 Å². The van der Waals surface area contributed by atoms with Crippen molar-refractivity contribution in [1.82, 2.24) is 0 Å². The fourth-order valence-corrected chi connectivity index (χ4v) is 22.2. The van der Waals surface area contributed by atoms with E-state index in [0.29, 0.717) is 0 Å². The summed E-state index contributed by atoms with van der Waals surface area (Å²) in [5, 5.41) is 0. The molecule has 0 aromatic heterocycles. The molecular formula is C61H55GeN3O2. The standard InChI is InChI=1S/C61H55GeN3O2/c1-34-12-20-40(21-13-34)63(41-22-14-35(2)15-23-41)48-32-46-56-53-58(48)66-50-30-39(6)31-51-52(50)62(53,11)54-57-47(61(9,10)45-29-38(5)28-44(60(46,7)8)55(45)65(56)57)33-49(59(54)67-51)64(42-24-16-36(3)17-25-42)43-26-18-37(4)19-27-43/h12-33H,1-11H3. The summed E-state index contributed by atoms with van der Waals surface area (Å²) >= 11 is -3.92. The van der Waals surface area contributed by atoms with E-state index in [1.165, 1.54) is 80.3 Å². The van der Waals surface area contributed by atoms with Gasteiger partial charge in [-0.05, 0) is 0 Å². The van der Waals surface area contributed by atoms with E-state index in [9.17, 15) is 0 Å². The summed E-state index contributed by atoms with van der Waals surface area (Å²) in [6.45, 7) is 23.0. The van der Waals surface area contributed by atoms with Gasteiger partial charge in [0.05, 0.1) is 0 Å². The Kier molecular flexibility index (Phi) is 8.16. The van der Waals surface area contributed by atoms with Gasteiger partial charge < -0.3 is 0 Å². The topological polar surface area (TPSA) is 28.2 Å². The van der Waals surface area contributed by atoms with Crippen LogP contribution in [0.4, 0.5) is 51.2 Å². The van der Waals surface area contributed by atoms with Crippen molar-refractivity contribution in [3.8, 4) is 23.0 Å². The molecule has 0 atom stereocenters. The monoisotopic (exact) mass is 935 g/mol. The van der Waals surface area contributed by atoms with Gasteiger partial charge in [0.2, 0.25) is 0 Å². The molecule has 8 aromatic rings. The summed E-state index contributed by atoms with van der Waals surface area (Å²) in [5.41, 5.74) is 22.5. The average molecular weight is 935 g/mol. The Hall–Kier alpha value is -6.70. The first kappa shape index (κ1) is 40.6. The SMILES string of the molecule is Cc1ccc(N(c2ccc(C)cc2)c2cc3c4[c]5c2Oc2cc(C)cc6[c]2[Ge]5([CH3])[c]2c(c(N(c5ccc(C)cc5)c5ccc(C)cc5)cc5c2N4c2c(cc(C)cc2C5(C)C)C3(C)C)O6)cc1. The number of ether oxygens (including phenoxy) is 2. The fraction of sp³-hybridized carbons (Fsp3) is 0.213. The molecule has 5 aliphatic heterocycles. The Bertz CT molecular complexity index is 3170. The van der Waals surface area contributed by atoms with Gasteiger partial charge in [0, 0.05) is 0 Å². The first-order valence-corrected chi connectivity index (χ1v) is 29.1. The Morgan fingerprint density at radius 3 is 1.04 bits per heavy atom. The van der Waals surface area contributed by atoms with Crippen LogP contribution < -0.4 is 37.4 Å². The van der Waals surface area contributed by atoms with E-state index in [-0.39, 0.29) is 10.8 Å². The molecule has 0 N–H and O–H groups in total. The van der Waals surface area contributed by atoms with Gasteiger partial charge in [0.1, 0.15) is 0 Å². The van der Waals surface area contributed by atoms with Crippen LogP contribution in [0.3, 0.4) is 0 Å². The molecule has 0 saturated carbocycles. The van der Waals surface area contributed by atoms with Crippen LogP contribution in [0, 0.1) is 41.5 Å². The number of hydrogen-bond acceptors (Lipinski definition) is 5. The number of hydrogen-bond donors (Lipinski definition) is 0. The van der Waals surface area contributed by atoms with Crippen LogP contribution >= 0.6 is 0 Å². The minimum atomic E-state index is -3.92. The summed E-state index contributed by atoms with van der Waals surface area (Å²) in [7, 11) is 0. The summed E-state index contributed by atoms with van der Waals surface area (Å²) in [5.74, 6) is 6.43. The third kappa shape index (κ3) is 5.32. The molecule has 0 unspecified atom stereocenters. The van der Waals surface area contributed by atoms with Crippen LogP contribution in [0.2, 0.25) is 5.76 Å². The molecule has 67 heavy (non-hydrogen) atoms. The summed E-state index contributed by atoms with van der Waals surface area (Å²) < 4.78 is 19.3. The molecular weight excluding hydrogens is 879 g/mol. The van der Waals surface area contributed by atoms with Gasteiger partial charge in [-0.15, -0.1) is 0 Å². The first-order valence-electron chi connectivity index (χ1n) is 23.8. The quantitative estimate of drug-likeness (QED) is 0.155. The van der Waals surface area contributed by atoms with Crippen LogP contribution in [-0.4, -0.2) is 13.3 Å². The summed E-state index contributed by atoms with van der Waals surface area (Å²) in [6, 6.07) is 50.5. The van der Waals surface area contributed by atoms with Gasteiger partial charge in [0.15, 0.2) is 0 Å².